The van der Waals surface area contributed by atoms with E-state index in [4.69, 9.17) is 14.8 Å². The van der Waals surface area contributed by atoms with E-state index in [1.807, 2.05) is 29.1 Å². The molecular formula is C35H33F2N5O2S. The largest absolute Gasteiger partial charge is 0.493 e. The number of hydrogen-bond donors (Lipinski definition) is 0. The third kappa shape index (κ3) is 5.11. The van der Waals surface area contributed by atoms with Gasteiger partial charge in [0.05, 0.1) is 36.6 Å². The number of hydrogen-bond acceptors (Lipinski definition) is 6. The average molecular weight is 626 g/mol. The van der Waals surface area contributed by atoms with Crippen molar-refractivity contribution in [2.45, 2.75) is 45.9 Å². The molecule has 45 heavy (non-hydrogen) atoms. The molecule has 0 saturated carbocycles. The molecule has 10 heteroatoms. The van der Waals surface area contributed by atoms with Gasteiger partial charge in [-0.3, -0.25) is 9.48 Å². The van der Waals surface area contributed by atoms with Crippen LogP contribution in [0.2, 0.25) is 0 Å². The van der Waals surface area contributed by atoms with Crippen LogP contribution in [-0.2, 0) is 30.8 Å². The Labute approximate surface area is 264 Å². The number of aromatic nitrogens is 3. The molecular weight excluding hydrogens is 592 g/mol. The van der Waals surface area contributed by atoms with E-state index in [2.05, 4.69) is 36.7 Å². The minimum absolute atomic E-state index is 0.0906. The molecule has 0 N–H and O–H groups in total. The smallest absolute Gasteiger partial charge is 0.246 e. The molecule has 230 valence electrons. The van der Waals surface area contributed by atoms with Crippen LogP contribution in [0.4, 0.5) is 8.78 Å². The molecule has 0 radical (unpaired) electrons. The molecule has 0 fully saturated rings. The lowest BCUT2D eigenvalue weighted by atomic mass is 9.93. The van der Waals surface area contributed by atoms with Gasteiger partial charge in [-0.1, -0.05) is 18.7 Å². The maximum atomic E-state index is 15.9. The van der Waals surface area contributed by atoms with Gasteiger partial charge in [0.25, 0.3) is 0 Å². The Bertz CT molecular complexity index is 1980. The molecule has 5 heterocycles. The Kier molecular flexibility index (Phi) is 7.49. The summed E-state index contributed by atoms with van der Waals surface area (Å²) in [5.74, 6) is -1.49. The zero-order chi connectivity index (χ0) is 31.4. The van der Waals surface area contributed by atoms with Gasteiger partial charge in [-0.05, 0) is 68.1 Å². The van der Waals surface area contributed by atoms with Gasteiger partial charge in [-0.2, -0.15) is 5.10 Å². The van der Waals surface area contributed by atoms with Crippen LogP contribution < -0.4 is 4.74 Å². The predicted molar refractivity (Wildman–Crippen MR) is 173 cm³/mol. The lowest BCUT2D eigenvalue weighted by Gasteiger charge is -2.33. The molecule has 5 aromatic rings. The van der Waals surface area contributed by atoms with Gasteiger partial charge < -0.3 is 14.5 Å². The van der Waals surface area contributed by atoms with Crippen molar-refractivity contribution in [1.82, 2.24) is 24.6 Å². The molecule has 0 aliphatic carbocycles. The number of pyridine rings is 1. The zero-order valence-electron chi connectivity index (χ0n) is 25.4. The van der Waals surface area contributed by atoms with Crippen LogP contribution in [0.1, 0.15) is 30.7 Å². The molecule has 7 rings (SSSR count). The first-order chi connectivity index (χ1) is 21.7. The first-order valence-electron chi connectivity index (χ1n) is 15.1. The van der Waals surface area contributed by atoms with E-state index in [9.17, 15) is 9.18 Å². The summed E-state index contributed by atoms with van der Waals surface area (Å²) in [5.41, 5.74) is 6.85. The van der Waals surface area contributed by atoms with Crippen LogP contribution in [-0.4, -0.2) is 56.7 Å². The molecule has 0 spiro atoms. The average Bonchev–Trinajstić information content (AvgIpc) is 3.67. The third-order valence-corrected chi connectivity index (χ3v) is 9.66. The highest BCUT2D eigenvalue weighted by Crippen LogP contribution is 2.47. The Morgan fingerprint density at radius 1 is 1.11 bits per heavy atom. The Morgan fingerprint density at radius 2 is 1.96 bits per heavy atom. The minimum Gasteiger partial charge on any atom is -0.493 e. The summed E-state index contributed by atoms with van der Waals surface area (Å²) >= 11 is 1.48. The monoisotopic (exact) mass is 625 g/mol. The number of benzene rings is 2. The van der Waals surface area contributed by atoms with Crippen molar-refractivity contribution in [3.8, 4) is 39.5 Å². The number of carbonyl (C=O) groups is 1. The van der Waals surface area contributed by atoms with E-state index < -0.39 is 11.6 Å². The second-order valence-corrected chi connectivity index (χ2v) is 12.7. The van der Waals surface area contributed by atoms with Gasteiger partial charge in [0.15, 0.2) is 0 Å². The fourth-order valence-corrected chi connectivity index (χ4v) is 7.46. The highest BCUT2D eigenvalue weighted by atomic mass is 32.1. The number of rotatable bonds is 6. The van der Waals surface area contributed by atoms with Crippen LogP contribution in [0.3, 0.4) is 0 Å². The van der Waals surface area contributed by atoms with E-state index in [-0.39, 0.29) is 29.9 Å². The molecule has 0 bridgehead atoms. The maximum absolute atomic E-state index is 15.9. The second kappa shape index (κ2) is 11.5. The van der Waals surface area contributed by atoms with Gasteiger partial charge in [0, 0.05) is 52.5 Å². The van der Waals surface area contributed by atoms with Crippen LogP contribution in [0.15, 0.2) is 60.5 Å². The number of likely N-dealkylation sites (N-methyl/N-ethyl adjacent to an activating group) is 1. The third-order valence-electron chi connectivity index (χ3n) is 8.72. The van der Waals surface area contributed by atoms with E-state index in [1.165, 1.54) is 34.6 Å². The minimum atomic E-state index is -0.734. The zero-order valence-corrected chi connectivity index (χ0v) is 26.3. The number of nitrogens with zero attached hydrogens (tertiary/aromatic N) is 5. The molecule has 3 aromatic heterocycles. The normalized spacial score (nSPS) is 16.5. The first-order valence-corrected chi connectivity index (χ1v) is 16.0. The number of fused-ring (bicyclic) bond motifs is 3. The lowest BCUT2D eigenvalue weighted by molar-refractivity contribution is -0.129. The summed E-state index contributed by atoms with van der Waals surface area (Å²) in [6, 6.07) is 12.4. The Morgan fingerprint density at radius 3 is 2.76 bits per heavy atom. The van der Waals surface area contributed by atoms with E-state index >= 15 is 4.39 Å². The number of ether oxygens (including phenoxy) is 1. The van der Waals surface area contributed by atoms with Gasteiger partial charge >= 0.3 is 0 Å². The second-order valence-electron chi connectivity index (χ2n) is 11.7. The van der Waals surface area contributed by atoms with Crippen molar-refractivity contribution in [2.24, 2.45) is 0 Å². The van der Waals surface area contributed by atoms with Gasteiger partial charge in [0.1, 0.15) is 28.8 Å². The van der Waals surface area contributed by atoms with Gasteiger partial charge in [-0.25, -0.2) is 13.8 Å². The molecule has 1 atom stereocenters. The molecule has 0 saturated heterocycles. The van der Waals surface area contributed by atoms with Crippen LogP contribution in [0, 0.1) is 11.6 Å². The molecule has 2 aliphatic rings. The van der Waals surface area contributed by atoms with E-state index in [1.54, 1.807) is 11.8 Å². The van der Waals surface area contributed by atoms with Crippen molar-refractivity contribution < 1.29 is 18.3 Å². The van der Waals surface area contributed by atoms with Crippen LogP contribution in [0.25, 0.3) is 43.9 Å². The van der Waals surface area contributed by atoms with Crippen molar-refractivity contribution >= 4 is 27.3 Å². The summed E-state index contributed by atoms with van der Waals surface area (Å²) < 4.78 is 38.9. The topological polar surface area (TPSA) is 63.5 Å². The highest BCUT2D eigenvalue weighted by Gasteiger charge is 2.30. The highest BCUT2D eigenvalue weighted by molar-refractivity contribution is 7.18. The standard InChI is InChI=1S/C35H33F2N5O2S/c1-5-30(43)41-19-25-16-28(39-42(25)17-20(41)3)34-32(31-27(37)14-24(36)15-29(31)44-6-2)35-26(10-12-45-35)33(38-34)22-7-8-23-18-40(4)11-9-21(23)13-22/h5,7-8,10,12-16,20H,1,6,9,11,17-19H2,2-4H3/t20-/m1/s1. The Hall–Kier alpha value is -4.41. The summed E-state index contributed by atoms with van der Waals surface area (Å²) in [6.07, 6.45) is 2.27. The van der Waals surface area contributed by atoms with Crippen molar-refractivity contribution in [1.29, 1.82) is 0 Å². The van der Waals surface area contributed by atoms with Crippen molar-refractivity contribution in [3.05, 3.63) is 89.0 Å². The fraction of sp³-hybridized carbons (Fsp3) is 0.286. The van der Waals surface area contributed by atoms with E-state index in [0.29, 0.717) is 30.0 Å². The van der Waals surface area contributed by atoms with E-state index in [0.717, 1.165) is 52.6 Å². The molecule has 7 nitrogen and oxygen atoms in total. The summed E-state index contributed by atoms with van der Waals surface area (Å²) in [6.45, 7) is 10.4. The van der Waals surface area contributed by atoms with Crippen molar-refractivity contribution in [3.63, 3.8) is 0 Å². The van der Waals surface area contributed by atoms with Gasteiger partial charge in [-0.15, -0.1) is 11.3 Å². The van der Waals surface area contributed by atoms with Gasteiger partial charge in [0.2, 0.25) is 5.91 Å². The molecule has 1 amide bonds. The Balaban J connectivity index is 1.48. The van der Waals surface area contributed by atoms with Crippen LogP contribution in [0.5, 0.6) is 5.75 Å². The summed E-state index contributed by atoms with van der Waals surface area (Å²) in [5, 5.41) is 7.80. The summed E-state index contributed by atoms with van der Waals surface area (Å²) in [7, 11) is 2.13. The predicted octanol–water partition coefficient (Wildman–Crippen LogP) is 7.08. The number of amides is 1. The number of thiophene rings is 1. The maximum Gasteiger partial charge on any atom is 0.246 e. The quantitative estimate of drug-likeness (QED) is 0.189. The number of carbonyl (C=O) groups excluding carboxylic acids is 1. The molecule has 2 aromatic carbocycles. The lowest BCUT2D eigenvalue weighted by Crippen LogP contribution is -2.44. The fourth-order valence-electron chi connectivity index (χ4n) is 6.51. The van der Waals surface area contributed by atoms with Crippen LogP contribution >= 0.6 is 11.3 Å². The SMILES string of the molecule is C=CC(=O)N1Cc2cc(-c3nc(-c4ccc5c(c4)CCN(C)C5)c4ccsc4c3-c3c(F)cc(F)cc3OCC)nn2C[C@H]1C. The van der Waals surface area contributed by atoms with Crippen molar-refractivity contribution in [2.75, 3.05) is 20.2 Å². The first kappa shape index (κ1) is 29.3. The molecule has 0 unspecified atom stereocenters. The molecule has 2 aliphatic heterocycles. The number of halogens is 2. The summed E-state index contributed by atoms with van der Waals surface area (Å²) in [4.78, 5) is 21.9.